The summed E-state index contributed by atoms with van der Waals surface area (Å²) in [4.78, 5) is 0. The maximum Gasteiger partial charge on any atom is 0.160 e. The van der Waals surface area contributed by atoms with Crippen LogP contribution in [0, 0.1) is 0 Å². The lowest BCUT2D eigenvalue weighted by molar-refractivity contribution is -0.870. The van der Waals surface area contributed by atoms with Gasteiger partial charge in [0, 0.05) is 6.42 Å². The fraction of sp³-hybridized carbons (Fsp3) is 0.889. The Balaban J connectivity index is 0. The summed E-state index contributed by atoms with van der Waals surface area (Å²) in [5.41, 5.74) is 0. The average molecular weight is 443 g/mol. The van der Waals surface area contributed by atoms with Crippen LogP contribution in [0.2, 0.25) is 0 Å². The summed E-state index contributed by atoms with van der Waals surface area (Å²) in [5.74, 6) is 0. The fourth-order valence-electron chi connectivity index (χ4n) is 0.717. The minimum absolute atomic E-state index is 0. The van der Waals surface area contributed by atoms with E-state index in [0.717, 1.165) is 40.0 Å². The van der Waals surface area contributed by atoms with Crippen LogP contribution in [0.4, 0.5) is 0 Å². The Labute approximate surface area is 124 Å². The van der Waals surface area contributed by atoms with E-state index in [4.69, 9.17) is 17.0 Å². The quantitative estimate of drug-likeness (QED) is 0.232. The summed E-state index contributed by atoms with van der Waals surface area (Å²) < 4.78 is 7.51. The van der Waals surface area contributed by atoms with Gasteiger partial charge in [0.2, 0.25) is 0 Å². The van der Waals surface area contributed by atoms with Gasteiger partial charge in [-0.05, 0) is 23.1 Å². The zero-order valence-electron chi connectivity index (χ0n) is 9.06. The Morgan fingerprint density at radius 1 is 1.36 bits per heavy atom. The van der Waals surface area contributed by atoms with Gasteiger partial charge in [-0.1, -0.05) is 22.6 Å². The molecule has 0 amide bonds. The second-order valence-corrected chi connectivity index (χ2v) is 5.56. The average Bonchev–Trinajstić information content (AvgIpc) is 1.98. The number of nitrogens with zero attached hydrogens (tertiary/aromatic N) is 1. The lowest BCUT2D eigenvalue weighted by Crippen LogP contribution is -3.00. The maximum atomic E-state index is 5.43. The molecular formula is C9H19I2NOS. The minimum atomic E-state index is 0. The van der Waals surface area contributed by atoms with E-state index in [2.05, 4.69) is 43.7 Å². The highest BCUT2D eigenvalue weighted by molar-refractivity contribution is 14.1. The third-order valence-corrected chi connectivity index (χ3v) is 2.62. The molecule has 2 nitrogen and oxygen atoms in total. The van der Waals surface area contributed by atoms with E-state index in [0.29, 0.717) is 0 Å². The molecule has 0 bridgehead atoms. The van der Waals surface area contributed by atoms with Gasteiger partial charge in [-0.15, -0.1) is 0 Å². The Hall–Kier alpha value is 1.31. The van der Waals surface area contributed by atoms with Gasteiger partial charge in [0.25, 0.3) is 0 Å². The highest BCUT2D eigenvalue weighted by Crippen LogP contribution is 1.99. The molecule has 0 rings (SSSR count). The van der Waals surface area contributed by atoms with Gasteiger partial charge >= 0.3 is 0 Å². The molecule has 0 aromatic carbocycles. The third-order valence-electron chi connectivity index (χ3n) is 1.54. The largest absolute Gasteiger partial charge is 1.00 e. The van der Waals surface area contributed by atoms with Crippen molar-refractivity contribution in [2.24, 2.45) is 0 Å². The molecule has 0 aromatic rings. The van der Waals surface area contributed by atoms with Crippen molar-refractivity contribution in [3.63, 3.8) is 0 Å². The first-order valence-corrected chi connectivity index (χ1v) is 6.41. The molecule has 0 radical (unpaired) electrons. The highest BCUT2D eigenvalue weighted by atomic mass is 127. The van der Waals surface area contributed by atoms with Crippen molar-refractivity contribution in [2.45, 2.75) is 12.8 Å². The Morgan fingerprint density at radius 3 is 2.36 bits per heavy atom. The first-order valence-electron chi connectivity index (χ1n) is 4.48. The summed E-state index contributed by atoms with van der Waals surface area (Å²) in [6, 6.07) is 0. The van der Waals surface area contributed by atoms with Crippen molar-refractivity contribution in [1.82, 2.24) is 0 Å². The molecule has 0 atom stereocenters. The minimum Gasteiger partial charge on any atom is -1.00 e. The lowest BCUT2D eigenvalue weighted by Gasteiger charge is -2.23. The molecule has 0 unspecified atom stereocenters. The highest BCUT2D eigenvalue weighted by Gasteiger charge is 2.07. The number of hydrogen-bond acceptors (Lipinski definition) is 2. The normalized spacial score (nSPS) is 10.6. The van der Waals surface area contributed by atoms with Gasteiger partial charge in [0.05, 0.1) is 21.1 Å². The van der Waals surface area contributed by atoms with Crippen LogP contribution < -0.4 is 24.0 Å². The Kier molecular flexibility index (Phi) is 12.0. The second-order valence-electron chi connectivity index (χ2n) is 4.03. The Bertz CT molecular complexity index is 159. The molecule has 5 heteroatoms. The van der Waals surface area contributed by atoms with Gasteiger partial charge in [0.15, 0.2) is 5.05 Å². The fourth-order valence-corrected chi connectivity index (χ4v) is 1.33. The third kappa shape index (κ3) is 13.3. The second kappa shape index (κ2) is 9.53. The molecule has 0 N–H and O–H groups in total. The van der Waals surface area contributed by atoms with Crippen LogP contribution in [-0.4, -0.2) is 48.3 Å². The predicted octanol–water partition coefficient (Wildman–Crippen LogP) is -0.744. The summed E-state index contributed by atoms with van der Waals surface area (Å²) in [5, 5.41) is 0.769. The number of alkyl halides is 1. The summed E-state index contributed by atoms with van der Waals surface area (Å²) in [6.07, 6.45) is 2.05. The topological polar surface area (TPSA) is 9.23 Å². The molecule has 0 saturated heterocycles. The molecule has 0 aromatic heterocycles. The van der Waals surface area contributed by atoms with Crippen molar-refractivity contribution in [3.8, 4) is 0 Å². The molecule has 0 saturated carbocycles. The summed E-state index contributed by atoms with van der Waals surface area (Å²) >= 11 is 7.43. The summed E-state index contributed by atoms with van der Waals surface area (Å²) in [7, 11) is 6.45. The van der Waals surface area contributed by atoms with Gasteiger partial charge in [-0.25, -0.2) is 0 Å². The molecule has 0 heterocycles. The van der Waals surface area contributed by atoms with Crippen molar-refractivity contribution in [3.05, 3.63) is 0 Å². The van der Waals surface area contributed by atoms with E-state index >= 15 is 0 Å². The SMILES string of the molecule is C[N+](C)(C)CCOC(=S)CCCI.[I-]. The lowest BCUT2D eigenvalue weighted by atomic mass is 10.4. The van der Waals surface area contributed by atoms with Gasteiger partial charge < -0.3 is 33.2 Å². The van der Waals surface area contributed by atoms with E-state index < -0.39 is 0 Å². The molecule has 0 aliphatic rings. The van der Waals surface area contributed by atoms with Crippen LogP contribution in [0.25, 0.3) is 0 Å². The van der Waals surface area contributed by atoms with Gasteiger partial charge in [-0.2, -0.15) is 0 Å². The van der Waals surface area contributed by atoms with Crippen LogP contribution >= 0.6 is 34.8 Å². The molecular weight excluding hydrogens is 424 g/mol. The van der Waals surface area contributed by atoms with Crippen LogP contribution in [0.15, 0.2) is 0 Å². The monoisotopic (exact) mass is 443 g/mol. The van der Waals surface area contributed by atoms with Crippen molar-refractivity contribution >= 4 is 39.9 Å². The number of thiocarbonyl (C=S) groups is 1. The maximum absolute atomic E-state index is 5.43. The van der Waals surface area contributed by atoms with E-state index in [1.807, 2.05) is 0 Å². The van der Waals surface area contributed by atoms with Crippen LogP contribution in [-0.2, 0) is 4.74 Å². The van der Waals surface area contributed by atoms with E-state index in [-0.39, 0.29) is 24.0 Å². The van der Waals surface area contributed by atoms with Crippen LogP contribution in [0.1, 0.15) is 12.8 Å². The van der Waals surface area contributed by atoms with Crippen LogP contribution in [0.5, 0.6) is 0 Å². The molecule has 0 spiro atoms. The number of hydrogen-bond donors (Lipinski definition) is 0. The van der Waals surface area contributed by atoms with Gasteiger partial charge in [0.1, 0.15) is 13.2 Å². The van der Waals surface area contributed by atoms with Crippen molar-refractivity contribution in [2.75, 3.05) is 38.7 Å². The van der Waals surface area contributed by atoms with Crippen molar-refractivity contribution in [1.29, 1.82) is 0 Å². The first-order chi connectivity index (χ1) is 5.95. The number of likely N-dealkylation sites (N-methyl/N-ethyl adjacent to an activating group) is 1. The number of ether oxygens (including phenoxy) is 1. The first kappa shape index (κ1) is 17.7. The number of quaternary nitrogens is 1. The van der Waals surface area contributed by atoms with Crippen molar-refractivity contribution < 1.29 is 33.2 Å². The predicted molar refractivity (Wildman–Crippen MR) is 69.6 cm³/mol. The van der Waals surface area contributed by atoms with E-state index in [1.165, 1.54) is 0 Å². The number of halogens is 2. The molecule has 0 aliphatic heterocycles. The standard InChI is InChI=1S/C9H19INOS.HI/c1-11(2,3)7-8-12-9(13)5-4-6-10;/h4-8H2,1-3H3;1H/q+1;/p-1. The van der Waals surface area contributed by atoms with Gasteiger partial charge in [-0.3, -0.25) is 0 Å². The van der Waals surface area contributed by atoms with E-state index in [1.54, 1.807) is 0 Å². The Morgan fingerprint density at radius 2 is 1.93 bits per heavy atom. The molecule has 0 fully saturated rings. The van der Waals surface area contributed by atoms with E-state index in [9.17, 15) is 0 Å². The number of rotatable bonds is 6. The summed E-state index contributed by atoms with van der Waals surface area (Å²) in [6.45, 7) is 1.74. The van der Waals surface area contributed by atoms with Crippen LogP contribution in [0.3, 0.4) is 0 Å². The molecule has 0 aliphatic carbocycles. The smallest absolute Gasteiger partial charge is 0.160 e. The zero-order valence-corrected chi connectivity index (χ0v) is 14.2. The zero-order chi connectivity index (χ0) is 10.3. The molecule has 14 heavy (non-hydrogen) atoms. The molecule has 86 valence electrons.